The van der Waals surface area contributed by atoms with Crippen LogP contribution in [0.4, 0.5) is 4.39 Å². The van der Waals surface area contributed by atoms with Crippen LogP contribution < -0.4 is 5.32 Å². The van der Waals surface area contributed by atoms with E-state index in [4.69, 9.17) is 4.42 Å². The molecule has 140 valence electrons. The van der Waals surface area contributed by atoms with E-state index < -0.39 is 0 Å². The van der Waals surface area contributed by atoms with Gasteiger partial charge in [0.25, 0.3) is 5.91 Å². The predicted octanol–water partition coefficient (Wildman–Crippen LogP) is 4.76. The zero-order valence-electron chi connectivity index (χ0n) is 15.2. The van der Waals surface area contributed by atoms with Gasteiger partial charge >= 0.3 is 0 Å². The summed E-state index contributed by atoms with van der Waals surface area (Å²) in [5.74, 6) is -0.219. The average molecular weight is 375 g/mol. The molecule has 4 nitrogen and oxygen atoms in total. The third-order valence-electron chi connectivity index (χ3n) is 4.72. The summed E-state index contributed by atoms with van der Waals surface area (Å²) in [6.45, 7) is -0.0110. The Morgan fingerprint density at radius 1 is 0.964 bits per heavy atom. The number of fused-ring (bicyclic) bond motifs is 1. The summed E-state index contributed by atoms with van der Waals surface area (Å²) in [5, 5.41) is 12.6. The summed E-state index contributed by atoms with van der Waals surface area (Å²) < 4.78 is 19.3. The van der Waals surface area contributed by atoms with Crippen LogP contribution >= 0.6 is 0 Å². The molecule has 4 aromatic rings. The van der Waals surface area contributed by atoms with Crippen molar-refractivity contribution in [1.29, 1.82) is 0 Å². The maximum Gasteiger partial charge on any atom is 0.255 e. The van der Waals surface area contributed by atoms with Gasteiger partial charge in [0.2, 0.25) is 0 Å². The summed E-state index contributed by atoms with van der Waals surface area (Å²) in [7, 11) is 1.56. The van der Waals surface area contributed by atoms with Gasteiger partial charge in [0.15, 0.2) is 0 Å². The molecule has 0 radical (unpaired) electrons. The quantitative estimate of drug-likeness (QED) is 0.541. The number of amides is 1. The molecular weight excluding hydrogens is 357 g/mol. The van der Waals surface area contributed by atoms with Crippen molar-refractivity contribution >= 4 is 16.9 Å². The second-order valence-corrected chi connectivity index (χ2v) is 6.46. The summed E-state index contributed by atoms with van der Waals surface area (Å²) >= 11 is 0. The molecule has 0 bridgehead atoms. The van der Waals surface area contributed by atoms with Crippen molar-refractivity contribution in [2.24, 2.45) is 0 Å². The van der Waals surface area contributed by atoms with Crippen LogP contribution in [0.5, 0.6) is 0 Å². The molecule has 0 aliphatic heterocycles. The van der Waals surface area contributed by atoms with Gasteiger partial charge in [-0.25, -0.2) is 4.39 Å². The van der Waals surface area contributed by atoms with E-state index in [0.29, 0.717) is 27.9 Å². The van der Waals surface area contributed by atoms with E-state index in [1.165, 1.54) is 12.1 Å². The van der Waals surface area contributed by atoms with Crippen molar-refractivity contribution in [2.45, 2.75) is 6.61 Å². The van der Waals surface area contributed by atoms with Gasteiger partial charge in [-0.1, -0.05) is 30.3 Å². The molecule has 0 unspecified atom stereocenters. The smallest absolute Gasteiger partial charge is 0.255 e. The molecule has 0 aliphatic rings. The second-order valence-electron chi connectivity index (χ2n) is 6.46. The van der Waals surface area contributed by atoms with Crippen LogP contribution in [0.15, 0.2) is 71.1 Å². The topological polar surface area (TPSA) is 62.5 Å². The van der Waals surface area contributed by atoms with Gasteiger partial charge < -0.3 is 14.8 Å². The van der Waals surface area contributed by atoms with Crippen LogP contribution in [0.2, 0.25) is 0 Å². The minimum Gasteiger partial charge on any atom is -0.455 e. The number of halogens is 1. The molecule has 4 rings (SSSR count). The minimum absolute atomic E-state index is 0.0110. The molecule has 0 saturated carbocycles. The van der Waals surface area contributed by atoms with Gasteiger partial charge in [0, 0.05) is 18.0 Å². The fourth-order valence-electron chi connectivity index (χ4n) is 3.23. The van der Waals surface area contributed by atoms with E-state index in [9.17, 15) is 14.3 Å². The lowest BCUT2D eigenvalue weighted by molar-refractivity contribution is 0.0964. The van der Waals surface area contributed by atoms with Gasteiger partial charge in [0.05, 0.1) is 12.2 Å². The molecular formula is C23H18FNO3. The standard InChI is InChI=1S/C23H18FNO3/c1-25-23(27)21-19-12-17(15-4-2-14(13-26)3-5-15)8-11-20(19)28-22(21)16-6-9-18(24)10-7-16/h2-12,26H,13H2,1H3,(H,25,27). The first kappa shape index (κ1) is 17.9. The van der Waals surface area contributed by atoms with Crippen molar-refractivity contribution in [3.63, 3.8) is 0 Å². The number of carbonyl (C=O) groups excluding carboxylic acids is 1. The number of rotatable bonds is 4. The zero-order chi connectivity index (χ0) is 19.7. The van der Waals surface area contributed by atoms with Crippen molar-refractivity contribution in [1.82, 2.24) is 5.32 Å². The summed E-state index contributed by atoms with van der Waals surface area (Å²) in [6.07, 6.45) is 0. The van der Waals surface area contributed by atoms with E-state index in [0.717, 1.165) is 16.7 Å². The molecule has 0 spiro atoms. The number of carbonyl (C=O) groups is 1. The molecule has 5 heteroatoms. The summed E-state index contributed by atoms with van der Waals surface area (Å²) in [4.78, 5) is 12.6. The van der Waals surface area contributed by atoms with Crippen LogP contribution in [0.3, 0.4) is 0 Å². The third kappa shape index (κ3) is 3.17. The first-order valence-corrected chi connectivity index (χ1v) is 8.85. The van der Waals surface area contributed by atoms with Gasteiger partial charge in [0.1, 0.15) is 17.2 Å². The fourth-order valence-corrected chi connectivity index (χ4v) is 3.23. The van der Waals surface area contributed by atoms with Crippen LogP contribution in [0.1, 0.15) is 15.9 Å². The van der Waals surface area contributed by atoms with Crippen molar-refractivity contribution in [3.8, 4) is 22.5 Å². The molecule has 0 saturated heterocycles. The normalized spacial score (nSPS) is 11.0. The molecule has 1 heterocycles. The molecule has 0 aliphatic carbocycles. The second kappa shape index (κ2) is 7.29. The van der Waals surface area contributed by atoms with Crippen molar-refractivity contribution < 1.29 is 18.7 Å². The number of hydrogen-bond donors (Lipinski definition) is 2. The molecule has 3 aromatic carbocycles. The molecule has 0 fully saturated rings. The van der Waals surface area contributed by atoms with E-state index in [-0.39, 0.29) is 18.3 Å². The fraction of sp³-hybridized carbons (Fsp3) is 0.0870. The summed E-state index contributed by atoms with van der Waals surface area (Å²) in [6, 6.07) is 19.1. The Bertz CT molecular complexity index is 1150. The summed E-state index contributed by atoms with van der Waals surface area (Å²) in [5.41, 5.74) is 4.34. The lowest BCUT2D eigenvalue weighted by Crippen LogP contribution is -2.18. The van der Waals surface area contributed by atoms with E-state index in [1.54, 1.807) is 19.2 Å². The number of furan rings is 1. The molecule has 28 heavy (non-hydrogen) atoms. The Kier molecular flexibility index (Phi) is 4.67. The highest BCUT2D eigenvalue weighted by molar-refractivity contribution is 6.11. The van der Waals surface area contributed by atoms with Gasteiger partial charge in [-0.05, 0) is 53.1 Å². The molecule has 2 N–H and O–H groups in total. The number of aliphatic hydroxyl groups is 1. The molecule has 1 aromatic heterocycles. The van der Waals surface area contributed by atoms with Crippen LogP contribution in [-0.2, 0) is 6.61 Å². The first-order chi connectivity index (χ1) is 13.6. The Labute approximate surface area is 161 Å². The maximum atomic E-state index is 13.3. The Balaban J connectivity index is 1.89. The van der Waals surface area contributed by atoms with Gasteiger partial charge in [-0.3, -0.25) is 4.79 Å². The average Bonchev–Trinajstić information content (AvgIpc) is 3.12. The lowest BCUT2D eigenvalue weighted by Gasteiger charge is -2.05. The molecule has 0 atom stereocenters. The first-order valence-electron chi connectivity index (χ1n) is 8.85. The van der Waals surface area contributed by atoms with Crippen molar-refractivity contribution in [2.75, 3.05) is 7.05 Å². The van der Waals surface area contributed by atoms with Crippen LogP contribution in [-0.4, -0.2) is 18.1 Å². The van der Waals surface area contributed by atoms with E-state index >= 15 is 0 Å². The number of aliphatic hydroxyl groups excluding tert-OH is 1. The van der Waals surface area contributed by atoms with Crippen molar-refractivity contribution in [3.05, 3.63) is 83.7 Å². The molecule has 1 amide bonds. The van der Waals surface area contributed by atoms with Gasteiger partial charge in [-0.2, -0.15) is 0 Å². The Morgan fingerprint density at radius 2 is 1.61 bits per heavy atom. The van der Waals surface area contributed by atoms with E-state index in [2.05, 4.69) is 5.32 Å². The predicted molar refractivity (Wildman–Crippen MR) is 106 cm³/mol. The highest BCUT2D eigenvalue weighted by Crippen LogP contribution is 2.36. The zero-order valence-corrected chi connectivity index (χ0v) is 15.2. The van der Waals surface area contributed by atoms with E-state index in [1.807, 2.05) is 42.5 Å². The third-order valence-corrected chi connectivity index (χ3v) is 4.72. The lowest BCUT2D eigenvalue weighted by atomic mass is 9.99. The SMILES string of the molecule is CNC(=O)c1c(-c2ccc(F)cc2)oc2ccc(-c3ccc(CO)cc3)cc12. The van der Waals surface area contributed by atoms with Crippen LogP contribution in [0.25, 0.3) is 33.4 Å². The Hall–Kier alpha value is -3.44. The maximum absolute atomic E-state index is 13.3. The number of benzene rings is 3. The largest absolute Gasteiger partial charge is 0.455 e. The number of hydrogen-bond acceptors (Lipinski definition) is 3. The van der Waals surface area contributed by atoms with Crippen LogP contribution in [0, 0.1) is 5.82 Å². The highest BCUT2D eigenvalue weighted by Gasteiger charge is 2.22. The Morgan fingerprint density at radius 3 is 2.25 bits per heavy atom. The van der Waals surface area contributed by atoms with Gasteiger partial charge in [-0.15, -0.1) is 0 Å². The minimum atomic E-state index is -0.352. The highest BCUT2D eigenvalue weighted by atomic mass is 19.1. The monoisotopic (exact) mass is 375 g/mol. The number of nitrogens with one attached hydrogen (secondary N) is 1.